The Morgan fingerprint density at radius 1 is 1.11 bits per heavy atom. The van der Waals surface area contributed by atoms with E-state index in [9.17, 15) is 5.26 Å². The highest BCUT2D eigenvalue weighted by atomic mass is 14.8. The summed E-state index contributed by atoms with van der Waals surface area (Å²) in [5, 5.41) is 9.42. The van der Waals surface area contributed by atoms with Crippen molar-refractivity contribution in [1.82, 2.24) is 0 Å². The number of rotatable bonds is 3. The third kappa shape index (κ3) is 2.80. The first-order chi connectivity index (χ1) is 9.15. The Morgan fingerprint density at radius 3 is 2.37 bits per heavy atom. The Kier molecular flexibility index (Phi) is 3.63. The number of aliphatic imine (C=N–C) groups is 1. The Hall–Kier alpha value is -2.60. The molecule has 2 aromatic carbocycles. The van der Waals surface area contributed by atoms with Crippen molar-refractivity contribution in [1.29, 1.82) is 5.26 Å². The van der Waals surface area contributed by atoms with Gasteiger partial charge in [-0.15, -0.1) is 0 Å². The molecule has 3 nitrogen and oxygen atoms in total. The summed E-state index contributed by atoms with van der Waals surface area (Å²) in [5.74, 6) is 0. The van der Waals surface area contributed by atoms with E-state index in [-0.39, 0.29) is 0 Å². The van der Waals surface area contributed by atoms with Gasteiger partial charge in [-0.2, -0.15) is 5.26 Å². The van der Waals surface area contributed by atoms with E-state index in [1.54, 1.807) is 19.2 Å². The lowest BCUT2D eigenvalue weighted by atomic mass is 9.93. The first-order valence-corrected chi connectivity index (χ1v) is 6.02. The van der Waals surface area contributed by atoms with Crippen LogP contribution in [0.4, 0.5) is 5.69 Å². The molecule has 0 radical (unpaired) electrons. The summed E-state index contributed by atoms with van der Waals surface area (Å²) >= 11 is 0. The monoisotopic (exact) mass is 249 g/mol. The van der Waals surface area contributed by atoms with E-state index in [0.717, 1.165) is 11.1 Å². The largest absolute Gasteiger partial charge is 0.398 e. The van der Waals surface area contributed by atoms with Gasteiger partial charge in [-0.05, 0) is 18.6 Å². The molecule has 0 aliphatic rings. The Morgan fingerprint density at radius 2 is 1.74 bits per heavy atom. The minimum absolute atomic E-state index is 0.580. The predicted octanol–water partition coefficient (Wildman–Crippen LogP) is 3.13. The zero-order valence-corrected chi connectivity index (χ0v) is 10.7. The summed E-state index contributed by atoms with van der Waals surface area (Å²) in [6.07, 6.45) is 1.70. The van der Waals surface area contributed by atoms with Crippen LogP contribution >= 0.6 is 0 Å². The minimum atomic E-state index is -0.971. The van der Waals surface area contributed by atoms with Crippen LogP contribution in [0, 0.1) is 11.3 Å². The van der Waals surface area contributed by atoms with Gasteiger partial charge in [0.25, 0.3) is 0 Å². The fourth-order valence-electron chi connectivity index (χ4n) is 1.84. The minimum Gasteiger partial charge on any atom is -0.398 e. The molecule has 0 saturated carbocycles. The molecule has 0 spiro atoms. The molecule has 0 aromatic heterocycles. The number of hydrogen-bond acceptors (Lipinski definition) is 3. The molecule has 94 valence electrons. The van der Waals surface area contributed by atoms with Gasteiger partial charge in [-0.1, -0.05) is 48.5 Å². The summed E-state index contributed by atoms with van der Waals surface area (Å²) < 4.78 is 0. The smallest absolute Gasteiger partial charge is 0.170 e. The highest BCUT2D eigenvalue weighted by Gasteiger charge is 2.26. The Bertz CT molecular complexity index is 626. The summed E-state index contributed by atoms with van der Waals surface area (Å²) in [6.45, 7) is 1.76. The molecule has 0 aliphatic heterocycles. The molecular weight excluding hydrogens is 234 g/mol. The van der Waals surface area contributed by atoms with E-state index in [4.69, 9.17) is 5.73 Å². The maximum atomic E-state index is 9.42. The van der Waals surface area contributed by atoms with Crippen LogP contribution in [-0.2, 0) is 5.54 Å². The first kappa shape index (κ1) is 12.8. The van der Waals surface area contributed by atoms with Gasteiger partial charge in [0.15, 0.2) is 5.54 Å². The summed E-state index contributed by atoms with van der Waals surface area (Å²) in [6, 6.07) is 19.2. The number of nitrogens with two attached hydrogens (primary N) is 1. The van der Waals surface area contributed by atoms with Crippen LogP contribution in [0.1, 0.15) is 18.1 Å². The van der Waals surface area contributed by atoms with Gasteiger partial charge < -0.3 is 5.73 Å². The van der Waals surface area contributed by atoms with Crippen molar-refractivity contribution in [2.24, 2.45) is 4.99 Å². The lowest BCUT2D eigenvalue weighted by molar-refractivity contribution is 0.656. The van der Waals surface area contributed by atoms with Gasteiger partial charge in [0.1, 0.15) is 0 Å². The average Bonchev–Trinajstić information content (AvgIpc) is 2.46. The zero-order chi connectivity index (χ0) is 13.7. The normalized spacial score (nSPS) is 13.9. The predicted molar refractivity (Wildman–Crippen MR) is 77.9 cm³/mol. The maximum Gasteiger partial charge on any atom is 0.170 e. The van der Waals surface area contributed by atoms with Crippen LogP contribution in [0.2, 0.25) is 0 Å². The summed E-state index contributed by atoms with van der Waals surface area (Å²) in [5.41, 5.74) is 7.22. The summed E-state index contributed by atoms with van der Waals surface area (Å²) in [7, 11) is 0. The van der Waals surface area contributed by atoms with Crippen molar-refractivity contribution in [2.45, 2.75) is 12.5 Å². The third-order valence-corrected chi connectivity index (χ3v) is 2.97. The average molecular weight is 249 g/mol. The second kappa shape index (κ2) is 5.36. The standard InChI is InChI=1S/C16H15N3/c1-16(12-17,14-9-5-6-10-15(14)18)19-11-13-7-3-2-4-8-13/h2-11H,18H2,1H3. The van der Waals surface area contributed by atoms with Gasteiger partial charge in [-0.25, -0.2) is 0 Å². The number of hydrogen-bond donors (Lipinski definition) is 1. The fraction of sp³-hybridized carbons (Fsp3) is 0.125. The van der Waals surface area contributed by atoms with E-state index in [0.29, 0.717) is 5.69 Å². The van der Waals surface area contributed by atoms with Gasteiger partial charge in [0.2, 0.25) is 0 Å². The van der Waals surface area contributed by atoms with E-state index in [1.165, 1.54) is 0 Å². The summed E-state index contributed by atoms with van der Waals surface area (Å²) in [4.78, 5) is 4.41. The lowest BCUT2D eigenvalue weighted by Gasteiger charge is -2.18. The highest BCUT2D eigenvalue weighted by molar-refractivity contribution is 5.80. The van der Waals surface area contributed by atoms with Crippen molar-refractivity contribution in [2.75, 3.05) is 5.73 Å². The molecule has 2 N–H and O–H groups in total. The van der Waals surface area contributed by atoms with Crippen molar-refractivity contribution < 1.29 is 0 Å². The molecule has 0 bridgehead atoms. The van der Waals surface area contributed by atoms with Crippen LogP contribution in [-0.4, -0.2) is 6.21 Å². The molecule has 1 unspecified atom stereocenters. The Balaban J connectivity index is 2.37. The number of benzene rings is 2. The van der Waals surface area contributed by atoms with Crippen LogP contribution in [0.25, 0.3) is 0 Å². The van der Waals surface area contributed by atoms with Gasteiger partial charge >= 0.3 is 0 Å². The topological polar surface area (TPSA) is 62.2 Å². The number of anilines is 1. The molecule has 2 rings (SSSR count). The fourth-order valence-corrected chi connectivity index (χ4v) is 1.84. The maximum absolute atomic E-state index is 9.42. The van der Waals surface area contributed by atoms with E-state index < -0.39 is 5.54 Å². The van der Waals surface area contributed by atoms with Crippen molar-refractivity contribution in [3.05, 3.63) is 65.7 Å². The third-order valence-electron chi connectivity index (χ3n) is 2.97. The molecule has 0 amide bonds. The van der Waals surface area contributed by atoms with E-state index in [2.05, 4.69) is 11.1 Å². The molecule has 19 heavy (non-hydrogen) atoms. The second-order valence-corrected chi connectivity index (χ2v) is 4.44. The van der Waals surface area contributed by atoms with Crippen molar-refractivity contribution >= 4 is 11.9 Å². The molecule has 2 aromatic rings. The van der Waals surface area contributed by atoms with Crippen molar-refractivity contribution in [3.8, 4) is 6.07 Å². The molecule has 1 atom stereocenters. The first-order valence-electron chi connectivity index (χ1n) is 6.02. The van der Waals surface area contributed by atoms with E-state index in [1.807, 2.05) is 48.5 Å². The molecule has 3 heteroatoms. The molecule has 0 heterocycles. The second-order valence-electron chi connectivity index (χ2n) is 4.44. The zero-order valence-electron chi connectivity index (χ0n) is 10.7. The quantitative estimate of drug-likeness (QED) is 0.671. The number of nitrogen functional groups attached to an aromatic ring is 1. The van der Waals surface area contributed by atoms with Gasteiger partial charge in [0, 0.05) is 17.5 Å². The van der Waals surface area contributed by atoms with Crippen molar-refractivity contribution in [3.63, 3.8) is 0 Å². The molecule has 0 aliphatic carbocycles. The molecule has 0 saturated heterocycles. The number of nitrogens with zero attached hydrogens (tertiary/aromatic N) is 2. The number of para-hydroxylation sites is 1. The van der Waals surface area contributed by atoms with Gasteiger partial charge in [-0.3, -0.25) is 4.99 Å². The van der Waals surface area contributed by atoms with Crippen LogP contribution in [0.3, 0.4) is 0 Å². The number of nitriles is 1. The highest BCUT2D eigenvalue weighted by Crippen LogP contribution is 2.29. The SMILES string of the molecule is CC(C#N)(N=Cc1ccccc1)c1ccccc1N. The van der Waals surface area contributed by atoms with Crippen LogP contribution < -0.4 is 5.73 Å². The van der Waals surface area contributed by atoms with Gasteiger partial charge in [0.05, 0.1) is 6.07 Å². The van der Waals surface area contributed by atoms with Crippen LogP contribution in [0.5, 0.6) is 0 Å². The lowest BCUT2D eigenvalue weighted by Crippen LogP contribution is -2.18. The van der Waals surface area contributed by atoms with E-state index >= 15 is 0 Å². The van der Waals surface area contributed by atoms with Crippen LogP contribution in [0.15, 0.2) is 59.6 Å². The molecule has 0 fully saturated rings. The molecular formula is C16H15N3. The Labute approximate surface area is 113 Å².